The molecule has 2 atom stereocenters. The number of amides is 2. The van der Waals surface area contributed by atoms with Crippen molar-refractivity contribution < 1.29 is 35.9 Å². The van der Waals surface area contributed by atoms with Gasteiger partial charge < -0.3 is 11.1 Å². The van der Waals surface area contributed by atoms with Crippen molar-refractivity contribution in [3.8, 4) is 0 Å². The highest BCUT2D eigenvalue weighted by Gasteiger charge is 2.40. The van der Waals surface area contributed by atoms with E-state index in [4.69, 9.17) is 40.5 Å². The maximum atomic E-state index is 13.7. The summed E-state index contributed by atoms with van der Waals surface area (Å²) >= 11 is 17.4. The molecule has 0 fully saturated rings. The number of carbonyl (C=O) groups is 2. The highest BCUT2D eigenvalue weighted by atomic mass is 35.5. The fraction of sp³-hybridized carbons (Fsp3) is 0.273. The first-order valence-corrected chi connectivity index (χ1v) is 10.9. The summed E-state index contributed by atoms with van der Waals surface area (Å²) in [7, 11) is 0. The van der Waals surface area contributed by atoms with Gasteiger partial charge in [-0.25, -0.2) is 0 Å². The Morgan fingerprint density at radius 3 is 2.06 bits per heavy atom. The van der Waals surface area contributed by atoms with Crippen LogP contribution in [0.3, 0.4) is 0 Å². The lowest BCUT2D eigenvalue weighted by atomic mass is 9.96. The summed E-state index contributed by atoms with van der Waals surface area (Å²) in [5.74, 6) is -4.42. The number of benzene rings is 2. The van der Waals surface area contributed by atoms with Crippen LogP contribution in [0.2, 0.25) is 15.1 Å². The molecule has 2 aromatic carbocycles. The minimum atomic E-state index is -5.02. The van der Waals surface area contributed by atoms with E-state index in [1.165, 1.54) is 6.92 Å². The average Bonchev–Trinajstić information content (AvgIpc) is 2.73. The minimum Gasteiger partial charge on any atom is -0.368 e. The second-order valence-electron chi connectivity index (χ2n) is 7.32. The van der Waals surface area contributed by atoms with Crippen LogP contribution < -0.4 is 11.1 Å². The number of nitrogens with two attached hydrogens (primary N) is 1. The molecule has 2 rings (SSSR count). The number of primary amides is 1. The summed E-state index contributed by atoms with van der Waals surface area (Å²) in [5.41, 5.74) is 2.23. The van der Waals surface area contributed by atoms with E-state index < -0.39 is 47.3 Å². The third-order valence-corrected chi connectivity index (χ3v) is 6.05. The molecular formula is C22H17Cl3F6N2O2. The van der Waals surface area contributed by atoms with Gasteiger partial charge in [0.1, 0.15) is 6.04 Å². The van der Waals surface area contributed by atoms with Gasteiger partial charge in [0, 0.05) is 0 Å². The molecule has 0 heterocycles. The first-order chi connectivity index (χ1) is 16.1. The van der Waals surface area contributed by atoms with E-state index in [2.05, 4.69) is 5.32 Å². The Bertz CT molecular complexity index is 1130. The molecule has 0 bridgehead atoms. The Morgan fingerprint density at radius 2 is 1.60 bits per heavy atom. The lowest BCUT2D eigenvalue weighted by molar-refractivity contribution is -0.139. The summed E-state index contributed by atoms with van der Waals surface area (Å²) in [4.78, 5) is 23.7. The molecule has 0 aliphatic heterocycles. The molecule has 0 aliphatic carbocycles. The van der Waals surface area contributed by atoms with E-state index in [0.29, 0.717) is 12.1 Å². The molecule has 35 heavy (non-hydrogen) atoms. The fourth-order valence-corrected chi connectivity index (χ4v) is 3.69. The second kappa shape index (κ2) is 11.1. The third kappa shape index (κ3) is 7.28. The molecule has 0 radical (unpaired) electrons. The zero-order chi connectivity index (χ0) is 26.7. The second-order valence-corrected chi connectivity index (χ2v) is 8.51. The van der Waals surface area contributed by atoms with Crippen molar-refractivity contribution in [2.45, 2.75) is 37.7 Å². The third-order valence-electron chi connectivity index (χ3n) is 4.85. The Hall–Kier alpha value is -2.43. The van der Waals surface area contributed by atoms with Crippen molar-refractivity contribution in [3.63, 3.8) is 0 Å². The number of carbonyl (C=O) groups excluding carboxylic acids is 2. The van der Waals surface area contributed by atoms with Crippen LogP contribution in [0, 0.1) is 0 Å². The topological polar surface area (TPSA) is 72.2 Å². The van der Waals surface area contributed by atoms with Gasteiger partial charge in [0.05, 0.1) is 32.1 Å². The van der Waals surface area contributed by atoms with Crippen molar-refractivity contribution in [2.24, 2.45) is 5.73 Å². The number of alkyl halides is 6. The molecule has 190 valence electrons. The maximum absolute atomic E-state index is 13.7. The summed E-state index contributed by atoms with van der Waals surface area (Å²) in [6, 6.07) is 3.05. The van der Waals surface area contributed by atoms with Gasteiger partial charge in [-0.3, -0.25) is 9.59 Å². The van der Waals surface area contributed by atoms with Gasteiger partial charge in [-0.1, -0.05) is 59.9 Å². The summed E-state index contributed by atoms with van der Waals surface area (Å²) in [6.07, 6.45) is -8.37. The SMILES string of the molecule is CCC(NC(=O)c1ccc(C=CC(c2cc(Cl)c(Cl)c(Cl)c2)C(F)(F)F)cc1C(F)(F)F)C(N)=O. The Balaban J connectivity index is 2.49. The molecule has 13 heteroatoms. The molecule has 2 unspecified atom stereocenters. The lowest BCUT2D eigenvalue weighted by Crippen LogP contribution is -2.44. The smallest absolute Gasteiger partial charge is 0.368 e. The molecule has 0 saturated heterocycles. The highest BCUT2D eigenvalue weighted by molar-refractivity contribution is 6.48. The van der Waals surface area contributed by atoms with Gasteiger partial charge in [-0.05, 0) is 41.8 Å². The quantitative estimate of drug-likeness (QED) is 0.282. The Labute approximate surface area is 211 Å². The number of hydrogen-bond donors (Lipinski definition) is 2. The monoisotopic (exact) mass is 560 g/mol. The van der Waals surface area contributed by atoms with Gasteiger partial charge in [0.2, 0.25) is 5.91 Å². The normalized spacial score (nSPS) is 14.1. The van der Waals surface area contributed by atoms with Crippen LogP contribution in [-0.4, -0.2) is 24.0 Å². The fourth-order valence-electron chi connectivity index (χ4n) is 3.08. The van der Waals surface area contributed by atoms with E-state index in [1.807, 2.05) is 0 Å². The molecule has 2 amide bonds. The summed E-state index contributed by atoms with van der Waals surface area (Å²) in [5, 5.41) is 1.50. The standard InChI is InChI=1S/C22H17Cl3F6N2O2/c1-2-17(19(32)34)33-20(35)12-5-3-10(7-14(12)22(29,30)31)4-6-13(21(26,27)28)11-8-15(23)18(25)16(24)9-11/h3-9,13,17H,2H2,1H3,(H2,32,34)(H,33,35). The number of rotatable bonds is 7. The highest BCUT2D eigenvalue weighted by Crippen LogP contribution is 2.41. The van der Waals surface area contributed by atoms with Crippen LogP contribution >= 0.6 is 34.8 Å². The predicted octanol–water partition coefficient (Wildman–Crippen LogP) is 7.02. The van der Waals surface area contributed by atoms with Crippen LogP contribution in [0.4, 0.5) is 26.3 Å². The maximum Gasteiger partial charge on any atom is 0.417 e. The first kappa shape index (κ1) is 28.8. The average molecular weight is 562 g/mol. The molecule has 2 aromatic rings. The molecule has 4 nitrogen and oxygen atoms in total. The van der Waals surface area contributed by atoms with Gasteiger partial charge >= 0.3 is 12.4 Å². The minimum absolute atomic E-state index is 0.0425. The van der Waals surface area contributed by atoms with E-state index in [1.54, 1.807) is 0 Å². The van der Waals surface area contributed by atoms with Gasteiger partial charge in [0.25, 0.3) is 5.91 Å². The van der Waals surface area contributed by atoms with Crippen molar-refractivity contribution >= 4 is 52.7 Å². The molecule has 0 spiro atoms. The van der Waals surface area contributed by atoms with Crippen LogP contribution in [0.1, 0.15) is 46.3 Å². The van der Waals surface area contributed by atoms with Gasteiger partial charge in [-0.15, -0.1) is 0 Å². The number of halogens is 9. The number of allylic oxidation sites excluding steroid dienone is 1. The van der Waals surface area contributed by atoms with Crippen LogP contribution in [0.15, 0.2) is 36.4 Å². The van der Waals surface area contributed by atoms with Crippen molar-refractivity contribution in [1.29, 1.82) is 0 Å². The Morgan fingerprint density at radius 1 is 1.03 bits per heavy atom. The predicted molar refractivity (Wildman–Crippen MR) is 121 cm³/mol. The van der Waals surface area contributed by atoms with Gasteiger partial charge in [0.15, 0.2) is 0 Å². The zero-order valence-electron chi connectivity index (χ0n) is 17.7. The molecular weight excluding hydrogens is 545 g/mol. The largest absolute Gasteiger partial charge is 0.417 e. The van der Waals surface area contributed by atoms with Crippen LogP contribution in [0.5, 0.6) is 0 Å². The molecule has 0 aliphatic rings. The number of nitrogens with one attached hydrogen (secondary N) is 1. The summed E-state index contributed by atoms with van der Waals surface area (Å²) in [6.45, 7) is 1.49. The van der Waals surface area contributed by atoms with Crippen LogP contribution in [0.25, 0.3) is 6.08 Å². The zero-order valence-corrected chi connectivity index (χ0v) is 20.0. The van der Waals surface area contributed by atoms with Crippen molar-refractivity contribution in [3.05, 3.63) is 73.7 Å². The molecule has 0 aromatic heterocycles. The van der Waals surface area contributed by atoms with Crippen molar-refractivity contribution in [2.75, 3.05) is 0 Å². The summed E-state index contributed by atoms with van der Waals surface area (Å²) < 4.78 is 82.0. The molecule has 0 saturated carbocycles. The van der Waals surface area contributed by atoms with Crippen LogP contribution in [-0.2, 0) is 11.0 Å². The van der Waals surface area contributed by atoms with E-state index in [0.717, 1.165) is 30.3 Å². The first-order valence-electron chi connectivity index (χ1n) is 9.77. The van der Waals surface area contributed by atoms with Gasteiger partial charge in [-0.2, -0.15) is 26.3 Å². The lowest BCUT2D eigenvalue weighted by Gasteiger charge is -2.19. The van der Waals surface area contributed by atoms with E-state index in [9.17, 15) is 35.9 Å². The number of hydrogen-bond acceptors (Lipinski definition) is 2. The molecule has 3 N–H and O–H groups in total. The van der Waals surface area contributed by atoms with Crippen molar-refractivity contribution in [1.82, 2.24) is 5.32 Å². The van der Waals surface area contributed by atoms with E-state index >= 15 is 0 Å². The van der Waals surface area contributed by atoms with E-state index in [-0.39, 0.29) is 32.6 Å². The Kier molecular flexibility index (Phi) is 9.13.